The van der Waals surface area contributed by atoms with E-state index in [0.29, 0.717) is 0 Å². The van der Waals surface area contributed by atoms with Gasteiger partial charge in [-0.1, -0.05) is 70.7 Å². The molecule has 4 rings (SSSR count). The van der Waals surface area contributed by atoms with Gasteiger partial charge in [0.1, 0.15) is 0 Å². The van der Waals surface area contributed by atoms with Gasteiger partial charge in [0, 0.05) is 10.8 Å². The summed E-state index contributed by atoms with van der Waals surface area (Å²) in [5.74, 6) is 0. The van der Waals surface area contributed by atoms with Crippen molar-refractivity contribution in [3.05, 3.63) is 92.9 Å². The Balaban J connectivity index is 1.77. The fraction of sp³-hybridized carbons (Fsp3) is 0. The number of anilines is 2. The second-order valence-corrected chi connectivity index (χ2v) is 12.0. The van der Waals surface area contributed by atoms with Crippen LogP contribution in [0.5, 0.6) is 0 Å². The van der Waals surface area contributed by atoms with E-state index in [9.17, 15) is 16.8 Å². The summed E-state index contributed by atoms with van der Waals surface area (Å²) in [7, 11) is -8.20. The Labute approximate surface area is 216 Å². The summed E-state index contributed by atoms with van der Waals surface area (Å²) in [6.07, 6.45) is 0. The fourth-order valence-corrected chi connectivity index (χ4v) is 6.40. The van der Waals surface area contributed by atoms with Crippen LogP contribution < -0.4 is 9.44 Å². The molecule has 6 nitrogen and oxygen atoms in total. The normalized spacial score (nSPS) is 12.0. The van der Waals surface area contributed by atoms with E-state index in [-0.39, 0.29) is 52.0 Å². The Hall–Kier alpha value is -2.20. The van der Waals surface area contributed by atoms with Gasteiger partial charge < -0.3 is 0 Å². The summed E-state index contributed by atoms with van der Waals surface area (Å²) in [5.41, 5.74) is 0.410. The van der Waals surface area contributed by atoms with Crippen molar-refractivity contribution in [1.29, 1.82) is 0 Å². The van der Waals surface area contributed by atoms with Gasteiger partial charge in [0.2, 0.25) is 0 Å². The summed E-state index contributed by atoms with van der Waals surface area (Å²) in [4.78, 5) is -0.217. The molecule has 2 N–H and O–H groups in total. The third-order valence-corrected chi connectivity index (χ3v) is 9.12. The Morgan fingerprint density at radius 3 is 1.24 bits per heavy atom. The van der Waals surface area contributed by atoms with Crippen molar-refractivity contribution in [2.75, 3.05) is 9.44 Å². The first-order valence-electron chi connectivity index (χ1n) is 9.45. The van der Waals surface area contributed by atoms with Crippen molar-refractivity contribution >= 4 is 88.6 Å². The molecule has 34 heavy (non-hydrogen) atoms. The molecule has 0 radical (unpaired) electrons. The van der Waals surface area contributed by atoms with Gasteiger partial charge in [0.05, 0.1) is 41.3 Å². The molecule has 0 fully saturated rings. The first kappa shape index (κ1) is 24.9. The molecule has 0 spiro atoms. The second-order valence-electron chi connectivity index (χ2n) is 7.08. The monoisotopic (exact) mass is 574 g/mol. The van der Waals surface area contributed by atoms with E-state index in [1.807, 2.05) is 0 Å². The number of fused-ring (bicyclic) bond motifs is 1. The summed E-state index contributed by atoms with van der Waals surface area (Å²) in [5, 5.41) is 1.35. The van der Waals surface area contributed by atoms with Crippen LogP contribution in [0.3, 0.4) is 0 Å². The summed E-state index contributed by atoms with van der Waals surface area (Å²) in [6, 6.07) is 17.3. The van der Waals surface area contributed by atoms with Crippen molar-refractivity contribution in [1.82, 2.24) is 0 Å². The molecular weight excluding hydrogens is 562 g/mol. The number of sulfonamides is 2. The van der Waals surface area contributed by atoms with Crippen LogP contribution in [0.15, 0.2) is 82.6 Å². The number of nitrogens with one attached hydrogen (secondary N) is 2. The third-order valence-electron chi connectivity index (χ3n) is 4.76. The number of hydrogen-bond acceptors (Lipinski definition) is 4. The van der Waals surface area contributed by atoms with Crippen LogP contribution in [0, 0.1) is 0 Å². The average Bonchev–Trinajstić information content (AvgIpc) is 2.77. The average molecular weight is 576 g/mol. The summed E-state index contributed by atoms with van der Waals surface area (Å²) >= 11 is 23.8. The van der Waals surface area contributed by atoms with Gasteiger partial charge in [0.15, 0.2) is 0 Å². The molecule has 4 aromatic rings. The topological polar surface area (TPSA) is 92.3 Å². The van der Waals surface area contributed by atoms with E-state index >= 15 is 0 Å². The lowest BCUT2D eigenvalue weighted by molar-refractivity contribution is 0.599. The van der Waals surface area contributed by atoms with Gasteiger partial charge in [-0.3, -0.25) is 9.44 Å². The van der Waals surface area contributed by atoms with Crippen LogP contribution in [0.1, 0.15) is 0 Å². The van der Waals surface area contributed by atoms with Gasteiger partial charge in [-0.25, -0.2) is 16.8 Å². The largest absolute Gasteiger partial charge is 0.280 e. The first-order chi connectivity index (χ1) is 16.0. The number of halogens is 4. The van der Waals surface area contributed by atoms with E-state index in [4.69, 9.17) is 46.4 Å². The van der Waals surface area contributed by atoms with Crippen molar-refractivity contribution in [3.8, 4) is 0 Å². The zero-order valence-corrected chi connectivity index (χ0v) is 21.5. The molecule has 176 valence electrons. The van der Waals surface area contributed by atoms with Gasteiger partial charge in [-0.2, -0.15) is 0 Å². The lowest BCUT2D eigenvalue weighted by Gasteiger charge is -2.14. The van der Waals surface area contributed by atoms with E-state index in [0.717, 1.165) is 0 Å². The van der Waals surface area contributed by atoms with E-state index in [1.165, 1.54) is 72.8 Å². The van der Waals surface area contributed by atoms with Crippen molar-refractivity contribution in [2.45, 2.75) is 9.79 Å². The van der Waals surface area contributed by atoms with Crippen LogP contribution in [-0.2, 0) is 20.0 Å². The van der Waals surface area contributed by atoms with Gasteiger partial charge >= 0.3 is 0 Å². The maximum absolute atomic E-state index is 13.2. The van der Waals surface area contributed by atoms with Crippen molar-refractivity contribution in [3.63, 3.8) is 0 Å². The molecule has 0 aromatic heterocycles. The van der Waals surface area contributed by atoms with E-state index in [2.05, 4.69) is 9.44 Å². The van der Waals surface area contributed by atoms with Gasteiger partial charge in [0.25, 0.3) is 20.0 Å². The highest BCUT2D eigenvalue weighted by Crippen LogP contribution is 2.32. The molecule has 12 heteroatoms. The van der Waals surface area contributed by atoms with Crippen molar-refractivity contribution < 1.29 is 16.8 Å². The molecular formula is C22H14Cl4N2O4S2. The zero-order valence-electron chi connectivity index (χ0n) is 16.9. The fourth-order valence-electron chi connectivity index (χ4n) is 3.26. The standard InChI is InChI=1S/C22H14Cl4N2O4S2/c23-17-9-7-13(11-19(17)25)27-33(29,30)21-5-1-3-15-16(21)4-2-6-22(15)34(31,32)28-14-8-10-18(24)20(26)12-14/h1-12,27-28H. The molecule has 0 aliphatic rings. The maximum Gasteiger partial charge on any atom is 0.262 e. The predicted octanol–water partition coefficient (Wildman–Crippen LogP) is 7.06. The molecule has 0 aliphatic heterocycles. The van der Waals surface area contributed by atoms with E-state index in [1.54, 1.807) is 0 Å². The SMILES string of the molecule is O=S(=O)(Nc1ccc(Cl)c(Cl)c1)c1cccc2c(S(=O)(=O)Nc3ccc(Cl)c(Cl)c3)cccc12. The first-order valence-corrected chi connectivity index (χ1v) is 13.9. The van der Waals surface area contributed by atoms with Crippen LogP contribution in [-0.4, -0.2) is 16.8 Å². The quantitative estimate of drug-likeness (QED) is 0.257. The summed E-state index contributed by atoms with van der Waals surface area (Å²) in [6.45, 7) is 0. The zero-order chi connectivity index (χ0) is 24.7. The Morgan fingerprint density at radius 1 is 0.500 bits per heavy atom. The molecule has 0 saturated carbocycles. The smallest absolute Gasteiger partial charge is 0.262 e. The highest BCUT2D eigenvalue weighted by Gasteiger charge is 2.23. The van der Waals surface area contributed by atoms with Crippen molar-refractivity contribution in [2.24, 2.45) is 0 Å². The second kappa shape index (κ2) is 9.45. The molecule has 0 unspecified atom stereocenters. The molecule has 0 bridgehead atoms. The molecule has 0 atom stereocenters. The Kier molecular flexibility index (Phi) is 6.92. The highest BCUT2D eigenvalue weighted by atomic mass is 35.5. The number of rotatable bonds is 6. The highest BCUT2D eigenvalue weighted by molar-refractivity contribution is 7.93. The lowest BCUT2D eigenvalue weighted by Crippen LogP contribution is -2.15. The van der Waals surface area contributed by atoms with Crippen LogP contribution >= 0.6 is 46.4 Å². The Bertz CT molecular complexity index is 1520. The minimum atomic E-state index is -4.10. The molecule has 0 aliphatic carbocycles. The van der Waals surface area contributed by atoms with Gasteiger partial charge in [-0.05, 0) is 48.5 Å². The van der Waals surface area contributed by atoms with Gasteiger partial charge in [-0.15, -0.1) is 0 Å². The summed E-state index contributed by atoms with van der Waals surface area (Å²) < 4.78 is 57.5. The number of hydrogen-bond donors (Lipinski definition) is 2. The molecule has 0 heterocycles. The number of benzene rings is 4. The molecule has 0 amide bonds. The maximum atomic E-state index is 13.2. The minimum absolute atomic E-state index is 0.109. The van der Waals surface area contributed by atoms with Crippen LogP contribution in [0.4, 0.5) is 11.4 Å². The Morgan fingerprint density at radius 2 is 0.882 bits per heavy atom. The lowest BCUT2D eigenvalue weighted by atomic mass is 10.1. The molecule has 4 aromatic carbocycles. The predicted molar refractivity (Wildman–Crippen MR) is 138 cm³/mol. The van der Waals surface area contributed by atoms with E-state index < -0.39 is 20.0 Å². The molecule has 0 saturated heterocycles. The van der Waals surface area contributed by atoms with Crippen LogP contribution in [0.25, 0.3) is 10.8 Å². The minimum Gasteiger partial charge on any atom is -0.280 e. The van der Waals surface area contributed by atoms with Crippen LogP contribution in [0.2, 0.25) is 20.1 Å². The third kappa shape index (κ3) is 5.07.